The van der Waals surface area contributed by atoms with Crippen molar-refractivity contribution in [2.45, 2.75) is 45.6 Å². The Labute approximate surface area is 91.4 Å². The van der Waals surface area contributed by atoms with Gasteiger partial charge in [-0.2, -0.15) is 0 Å². The molecular weight excluding hydrogens is 192 g/mol. The molecule has 0 bridgehead atoms. The zero-order valence-electron chi connectivity index (χ0n) is 9.79. The van der Waals surface area contributed by atoms with E-state index in [0.29, 0.717) is 5.92 Å². The van der Waals surface area contributed by atoms with Gasteiger partial charge in [0.25, 0.3) is 0 Å². The number of rotatable bonds is 1. The maximum atomic E-state index is 11.0. The summed E-state index contributed by atoms with van der Waals surface area (Å²) in [7, 11) is 1.34. The van der Waals surface area contributed by atoms with Gasteiger partial charge in [-0.15, -0.1) is 0 Å². The van der Waals surface area contributed by atoms with Crippen LogP contribution in [-0.2, 0) is 9.47 Å². The van der Waals surface area contributed by atoms with Crippen LogP contribution in [0.15, 0.2) is 11.6 Å². The number of carbonyl (C=O) groups is 1. The van der Waals surface area contributed by atoms with Crippen LogP contribution < -0.4 is 0 Å². The first-order valence-corrected chi connectivity index (χ1v) is 5.52. The van der Waals surface area contributed by atoms with E-state index in [4.69, 9.17) is 4.74 Å². The molecule has 0 heterocycles. The van der Waals surface area contributed by atoms with Crippen molar-refractivity contribution < 1.29 is 14.3 Å². The standard InChI is InChI=1S/C12H20O3/c1-9-5-4-6-10(2)8-11(7-9)15-12(13)14-3/h5,10-11H,4,6-8H2,1-3H3/b9-5-. The zero-order chi connectivity index (χ0) is 11.3. The van der Waals surface area contributed by atoms with Crippen molar-refractivity contribution >= 4 is 6.16 Å². The fourth-order valence-electron chi connectivity index (χ4n) is 1.98. The van der Waals surface area contributed by atoms with Gasteiger partial charge >= 0.3 is 6.16 Å². The van der Waals surface area contributed by atoms with Crippen molar-refractivity contribution in [3.63, 3.8) is 0 Å². The summed E-state index contributed by atoms with van der Waals surface area (Å²) in [6.45, 7) is 4.28. The second-order valence-electron chi connectivity index (χ2n) is 4.37. The minimum Gasteiger partial charge on any atom is -0.438 e. The smallest absolute Gasteiger partial charge is 0.438 e. The molecule has 0 amide bonds. The molecule has 15 heavy (non-hydrogen) atoms. The van der Waals surface area contributed by atoms with Crippen LogP contribution in [0.3, 0.4) is 0 Å². The molecule has 3 heteroatoms. The molecule has 0 aromatic heterocycles. The summed E-state index contributed by atoms with van der Waals surface area (Å²) < 4.78 is 9.73. The summed E-state index contributed by atoms with van der Waals surface area (Å²) in [4.78, 5) is 11.0. The van der Waals surface area contributed by atoms with Crippen LogP contribution in [-0.4, -0.2) is 19.4 Å². The fraction of sp³-hybridized carbons (Fsp3) is 0.750. The van der Waals surface area contributed by atoms with E-state index in [2.05, 4.69) is 24.7 Å². The Morgan fingerprint density at radius 3 is 2.93 bits per heavy atom. The van der Waals surface area contributed by atoms with Gasteiger partial charge in [0.05, 0.1) is 7.11 Å². The van der Waals surface area contributed by atoms with Crippen LogP contribution in [0, 0.1) is 5.92 Å². The first-order chi connectivity index (χ1) is 7.11. The molecule has 2 atom stereocenters. The Bertz CT molecular complexity index is 245. The Morgan fingerprint density at radius 1 is 1.53 bits per heavy atom. The lowest BCUT2D eigenvalue weighted by molar-refractivity contribution is 0.0277. The van der Waals surface area contributed by atoms with E-state index in [0.717, 1.165) is 19.3 Å². The highest BCUT2D eigenvalue weighted by molar-refractivity contribution is 5.59. The zero-order valence-corrected chi connectivity index (χ0v) is 9.79. The summed E-state index contributed by atoms with van der Waals surface area (Å²) in [5, 5.41) is 0. The molecule has 86 valence electrons. The molecule has 0 saturated heterocycles. The van der Waals surface area contributed by atoms with E-state index in [-0.39, 0.29) is 6.10 Å². The molecule has 3 nitrogen and oxygen atoms in total. The predicted octanol–water partition coefficient (Wildman–Crippen LogP) is 3.29. The number of ether oxygens (including phenoxy) is 2. The maximum absolute atomic E-state index is 11.0. The average molecular weight is 212 g/mol. The van der Waals surface area contributed by atoms with Crippen molar-refractivity contribution in [1.82, 2.24) is 0 Å². The number of hydrogen-bond donors (Lipinski definition) is 0. The van der Waals surface area contributed by atoms with Gasteiger partial charge in [0.1, 0.15) is 6.10 Å². The Morgan fingerprint density at radius 2 is 2.27 bits per heavy atom. The van der Waals surface area contributed by atoms with Crippen LogP contribution in [0.1, 0.15) is 39.5 Å². The van der Waals surface area contributed by atoms with Crippen LogP contribution in [0.25, 0.3) is 0 Å². The SMILES string of the molecule is COC(=O)OC1C/C(C)=C\CCC(C)C1. The van der Waals surface area contributed by atoms with Gasteiger partial charge in [-0.3, -0.25) is 0 Å². The summed E-state index contributed by atoms with van der Waals surface area (Å²) in [6, 6.07) is 0. The summed E-state index contributed by atoms with van der Waals surface area (Å²) in [5.41, 5.74) is 1.30. The molecule has 0 radical (unpaired) electrons. The van der Waals surface area contributed by atoms with Gasteiger partial charge < -0.3 is 9.47 Å². The lowest BCUT2D eigenvalue weighted by Crippen LogP contribution is -2.22. The average Bonchev–Trinajstić information content (AvgIpc) is 2.15. The summed E-state index contributed by atoms with van der Waals surface area (Å²) in [6.07, 6.45) is 5.71. The van der Waals surface area contributed by atoms with Gasteiger partial charge in [-0.1, -0.05) is 18.6 Å². The van der Waals surface area contributed by atoms with Crippen molar-refractivity contribution in [3.8, 4) is 0 Å². The number of hydrogen-bond acceptors (Lipinski definition) is 3. The first-order valence-electron chi connectivity index (χ1n) is 5.52. The highest BCUT2D eigenvalue weighted by atomic mass is 16.7. The monoisotopic (exact) mass is 212 g/mol. The van der Waals surface area contributed by atoms with Gasteiger partial charge in [0, 0.05) is 6.42 Å². The molecule has 0 spiro atoms. The lowest BCUT2D eigenvalue weighted by Gasteiger charge is -2.23. The molecule has 0 fully saturated rings. The quantitative estimate of drug-likeness (QED) is 0.494. The van der Waals surface area contributed by atoms with Gasteiger partial charge in [0.15, 0.2) is 0 Å². The number of allylic oxidation sites excluding steroid dienone is 1. The molecule has 1 aliphatic carbocycles. The van der Waals surface area contributed by atoms with E-state index in [9.17, 15) is 4.79 Å². The van der Waals surface area contributed by atoms with Gasteiger partial charge in [0.2, 0.25) is 0 Å². The van der Waals surface area contributed by atoms with E-state index in [1.807, 2.05) is 0 Å². The molecule has 0 aliphatic heterocycles. The van der Waals surface area contributed by atoms with Crippen molar-refractivity contribution in [3.05, 3.63) is 11.6 Å². The first kappa shape index (κ1) is 12.1. The molecule has 0 aromatic rings. The van der Waals surface area contributed by atoms with Crippen molar-refractivity contribution in [1.29, 1.82) is 0 Å². The Kier molecular flexibility index (Phi) is 4.66. The minimum absolute atomic E-state index is 0.0241. The van der Waals surface area contributed by atoms with Crippen molar-refractivity contribution in [2.24, 2.45) is 5.92 Å². The number of carbonyl (C=O) groups excluding carboxylic acids is 1. The molecule has 1 rings (SSSR count). The lowest BCUT2D eigenvalue weighted by atomic mass is 9.91. The minimum atomic E-state index is -0.569. The van der Waals surface area contributed by atoms with E-state index < -0.39 is 6.16 Å². The Hall–Kier alpha value is -0.990. The van der Waals surface area contributed by atoms with Crippen LogP contribution in [0.5, 0.6) is 0 Å². The van der Waals surface area contributed by atoms with Crippen LogP contribution in [0.4, 0.5) is 4.79 Å². The van der Waals surface area contributed by atoms with E-state index in [1.165, 1.54) is 19.1 Å². The third-order valence-electron chi connectivity index (χ3n) is 2.80. The Balaban J connectivity index is 2.55. The highest BCUT2D eigenvalue weighted by Crippen LogP contribution is 2.24. The normalized spacial score (nSPS) is 30.7. The molecule has 0 N–H and O–H groups in total. The van der Waals surface area contributed by atoms with Gasteiger partial charge in [-0.25, -0.2) is 4.79 Å². The third-order valence-corrected chi connectivity index (χ3v) is 2.80. The maximum Gasteiger partial charge on any atom is 0.508 e. The summed E-state index contributed by atoms with van der Waals surface area (Å²) >= 11 is 0. The number of methoxy groups -OCH3 is 1. The van der Waals surface area contributed by atoms with Crippen LogP contribution in [0.2, 0.25) is 0 Å². The van der Waals surface area contributed by atoms with Gasteiger partial charge in [-0.05, 0) is 32.1 Å². The third kappa shape index (κ3) is 4.36. The topological polar surface area (TPSA) is 35.5 Å². The second kappa shape index (κ2) is 5.79. The molecule has 0 saturated carbocycles. The molecule has 1 aliphatic rings. The summed E-state index contributed by atoms with van der Waals surface area (Å²) in [5.74, 6) is 0.601. The fourth-order valence-corrected chi connectivity index (χ4v) is 1.98. The van der Waals surface area contributed by atoms with E-state index in [1.54, 1.807) is 0 Å². The predicted molar refractivity (Wildman–Crippen MR) is 58.7 cm³/mol. The highest BCUT2D eigenvalue weighted by Gasteiger charge is 2.19. The largest absolute Gasteiger partial charge is 0.508 e. The molecular formula is C12H20O3. The second-order valence-corrected chi connectivity index (χ2v) is 4.37. The molecule has 0 aromatic carbocycles. The van der Waals surface area contributed by atoms with Crippen molar-refractivity contribution in [2.75, 3.05) is 7.11 Å². The van der Waals surface area contributed by atoms with Crippen LogP contribution >= 0.6 is 0 Å². The molecule has 2 unspecified atom stereocenters. The van der Waals surface area contributed by atoms with E-state index >= 15 is 0 Å².